The van der Waals surface area contributed by atoms with Crippen molar-refractivity contribution in [1.29, 1.82) is 0 Å². The van der Waals surface area contributed by atoms with Crippen LogP contribution in [-0.2, 0) is 6.54 Å². The molecule has 3 aromatic heterocycles. The molecular weight excluding hydrogens is 379 g/mol. The van der Waals surface area contributed by atoms with E-state index in [9.17, 15) is 9.18 Å². The summed E-state index contributed by atoms with van der Waals surface area (Å²) in [6.07, 6.45) is 1.51. The maximum atomic E-state index is 13.9. The van der Waals surface area contributed by atoms with E-state index in [-0.39, 0.29) is 5.56 Å². The van der Waals surface area contributed by atoms with Crippen molar-refractivity contribution in [3.63, 3.8) is 0 Å². The number of rotatable bonds is 4. The summed E-state index contributed by atoms with van der Waals surface area (Å²) < 4.78 is 14.7. The summed E-state index contributed by atoms with van der Waals surface area (Å²) in [5.74, 6) is -0.352. The van der Waals surface area contributed by atoms with Crippen molar-refractivity contribution in [2.45, 2.75) is 20.4 Å². The number of nitrogens with one attached hydrogen (secondary N) is 2. The topological polar surface area (TPSA) is 92.7 Å². The molecule has 1 aromatic carbocycles. The molecule has 0 bridgehead atoms. The van der Waals surface area contributed by atoms with Gasteiger partial charge in [-0.05, 0) is 37.1 Å². The van der Waals surface area contributed by atoms with E-state index >= 15 is 0 Å². The average Bonchev–Trinajstić information content (AvgIpc) is 3.09. The number of nitrogens with zero attached hydrogens (tertiary/aromatic N) is 4. The van der Waals surface area contributed by atoms with Crippen LogP contribution >= 0.6 is 11.3 Å². The van der Waals surface area contributed by atoms with Gasteiger partial charge in [0, 0.05) is 19.0 Å². The van der Waals surface area contributed by atoms with Crippen molar-refractivity contribution in [3.05, 3.63) is 52.7 Å². The molecule has 0 radical (unpaired) electrons. The number of thiophene rings is 1. The van der Waals surface area contributed by atoms with Gasteiger partial charge in [0.05, 0.1) is 21.5 Å². The molecular formula is C19H17FN6OS. The maximum Gasteiger partial charge on any atom is 0.254 e. The maximum absolute atomic E-state index is 13.9. The third kappa shape index (κ3) is 3.03. The molecule has 0 aliphatic rings. The molecule has 9 heteroatoms. The highest BCUT2D eigenvalue weighted by Crippen LogP contribution is 2.36. The minimum Gasteiger partial charge on any atom is -0.365 e. The molecule has 0 aliphatic heterocycles. The number of fused-ring (bicyclic) bond motifs is 3. The van der Waals surface area contributed by atoms with Gasteiger partial charge in [0.15, 0.2) is 0 Å². The summed E-state index contributed by atoms with van der Waals surface area (Å²) in [4.78, 5) is 21.4. The third-order valence-electron chi connectivity index (χ3n) is 4.62. The molecule has 7 nitrogen and oxygen atoms in total. The quantitative estimate of drug-likeness (QED) is 0.549. The predicted molar refractivity (Wildman–Crippen MR) is 107 cm³/mol. The lowest BCUT2D eigenvalue weighted by atomic mass is 10.1. The number of hydrogen-bond acceptors (Lipinski definition) is 7. The second-order valence-corrected chi connectivity index (χ2v) is 7.34. The van der Waals surface area contributed by atoms with Crippen LogP contribution in [0.5, 0.6) is 0 Å². The summed E-state index contributed by atoms with van der Waals surface area (Å²) in [7, 11) is 1.47. The van der Waals surface area contributed by atoms with Gasteiger partial charge >= 0.3 is 0 Å². The van der Waals surface area contributed by atoms with Crippen molar-refractivity contribution in [1.82, 2.24) is 25.5 Å². The van der Waals surface area contributed by atoms with Gasteiger partial charge < -0.3 is 10.6 Å². The van der Waals surface area contributed by atoms with Gasteiger partial charge in [-0.1, -0.05) is 6.07 Å². The number of hydrogen-bond donors (Lipinski definition) is 2. The minimum atomic E-state index is -0.554. The number of anilines is 1. The second-order valence-electron chi connectivity index (χ2n) is 6.34. The summed E-state index contributed by atoms with van der Waals surface area (Å²) in [6.45, 7) is 4.31. The van der Waals surface area contributed by atoms with Crippen molar-refractivity contribution < 1.29 is 9.18 Å². The highest BCUT2D eigenvalue weighted by atomic mass is 32.1. The van der Waals surface area contributed by atoms with Gasteiger partial charge in [0.25, 0.3) is 5.91 Å². The van der Waals surface area contributed by atoms with Gasteiger partial charge in [-0.2, -0.15) is 5.10 Å². The Balaban J connectivity index is 1.70. The minimum absolute atomic E-state index is 0.0119. The number of halogens is 1. The van der Waals surface area contributed by atoms with E-state index in [4.69, 9.17) is 0 Å². The van der Waals surface area contributed by atoms with E-state index in [1.54, 1.807) is 6.07 Å². The lowest BCUT2D eigenvalue weighted by Gasteiger charge is -2.08. The molecule has 2 N–H and O–H groups in total. The molecule has 0 atom stereocenters. The first-order valence-electron chi connectivity index (χ1n) is 8.61. The predicted octanol–water partition coefficient (Wildman–Crippen LogP) is 3.36. The van der Waals surface area contributed by atoms with Crippen LogP contribution in [0.1, 0.15) is 27.2 Å². The highest BCUT2D eigenvalue weighted by molar-refractivity contribution is 7.25. The summed E-state index contributed by atoms with van der Waals surface area (Å²) in [5.41, 5.74) is 3.53. The Bertz CT molecular complexity index is 1220. The Morgan fingerprint density at radius 2 is 2.04 bits per heavy atom. The molecule has 0 fully saturated rings. The zero-order valence-electron chi connectivity index (χ0n) is 15.5. The Morgan fingerprint density at radius 1 is 1.21 bits per heavy atom. The summed E-state index contributed by atoms with van der Waals surface area (Å²) >= 11 is 1.48. The number of amides is 1. The van der Waals surface area contributed by atoms with E-state index in [1.807, 2.05) is 13.8 Å². The van der Waals surface area contributed by atoms with E-state index < -0.39 is 11.7 Å². The van der Waals surface area contributed by atoms with Crippen LogP contribution < -0.4 is 10.6 Å². The zero-order chi connectivity index (χ0) is 19.8. The fraction of sp³-hybridized carbons (Fsp3) is 0.211. The van der Waals surface area contributed by atoms with Crippen LogP contribution in [0.15, 0.2) is 24.5 Å². The van der Waals surface area contributed by atoms with Gasteiger partial charge in [-0.15, -0.1) is 16.4 Å². The first-order valence-corrected chi connectivity index (χ1v) is 9.42. The zero-order valence-corrected chi connectivity index (χ0v) is 16.3. The van der Waals surface area contributed by atoms with E-state index in [2.05, 4.69) is 30.8 Å². The van der Waals surface area contributed by atoms with Gasteiger partial charge in [-0.3, -0.25) is 4.79 Å². The number of carbonyl (C=O) groups excluding carboxylic acids is 1. The van der Waals surface area contributed by atoms with Crippen molar-refractivity contribution in [3.8, 4) is 0 Å². The molecule has 4 aromatic rings. The molecule has 142 valence electrons. The van der Waals surface area contributed by atoms with Crippen molar-refractivity contribution in [2.24, 2.45) is 0 Å². The Kier molecular flexibility index (Phi) is 4.60. The van der Waals surface area contributed by atoms with Gasteiger partial charge in [0.1, 0.15) is 22.8 Å². The number of benzene rings is 1. The Hall–Kier alpha value is -3.20. The SMILES string of the molecule is CNC(=O)c1cc(CNc2ncnc3c2sc2nnc(C)c(C)c23)ccc1F. The molecule has 0 spiro atoms. The first-order chi connectivity index (χ1) is 13.5. The monoisotopic (exact) mass is 396 g/mol. The lowest BCUT2D eigenvalue weighted by Crippen LogP contribution is -2.19. The normalized spacial score (nSPS) is 11.1. The summed E-state index contributed by atoms with van der Waals surface area (Å²) in [5, 5.41) is 15.1. The van der Waals surface area contributed by atoms with Crippen LogP contribution in [0.2, 0.25) is 0 Å². The molecule has 0 saturated heterocycles. The standard InChI is InChI=1S/C19H17FN6OS/c1-9-10(2)25-26-19-14(9)15-16(28-19)17(24-8-23-15)22-7-11-4-5-13(20)12(6-11)18(27)21-3/h4-6,8H,7H2,1-3H3,(H,21,27)(H,22,23,24). The van der Waals surface area contributed by atoms with Crippen LogP contribution in [0.4, 0.5) is 10.2 Å². The highest BCUT2D eigenvalue weighted by Gasteiger charge is 2.16. The Morgan fingerprint density at radius 3 is 2.82 bits per heavy atom. The van der Waals surface area contributed by atoms with Gasteiger partial charge in [-0.25, -0.2) is 14.4 Å². The van der Waals surface area contributed by atoms with Crippen molar-refractivity contribution >= 4 is 43.5 Å². The number of aromatic nitrogens is 4. The van der Waals surface area contributed by atoms with Crippen molar-refractivity contribution in [2.75, 3.05) is 12.4 Å². The average molecular weight is 396 g/mol. The molecule has 3 heterocycles. The molecule has 0 unspecified atom stereocenters. The smallest absolute Gasteiger partial charge is 0.254 e. The molecule has 0 aliphatic carbocycles. The van der Waals surface area contributed by atoms with Gasteiger partial charge in [0.2, 0.25) is 0 Å². The fourth-order valence-corrected chi connectivity index (χ4v) is 4.08. The van der Waals surface area contributed by atoms with E-state index in [0.717, 1.165) is 37.3 Å². The first kappa shape index (κ1) is 18.2. The van der Waals surface area contributed by atoms with Crippen LogP contribution in [0.3, 0.4) is 0 Å². The largest absolute Gasteiger partial charge is 0.365 e. The second kappa shape index (κ2) is 7.08. The van der Waals surface area contributed by atoms with E-state index in [1.165, 1.54) is 36.8 Å². The molecule has 4 rings (SSSR count). The fourth-order valence-electron chi connectivity index (χ4n) is 2.98. The van der Waals surface area contributed by atoms with Crippen LogP contribution in [0.25, 0.3) is 20.4 Å². The Labute approximate surface area is 164 Å². The number of carbonyl (C=O) groups is 1. The number of aryl methyl sites for hydroxylation is 2. The van der Waals surface area contributed by atoms with Crippen LogP contribution in [0, 0.1) is 19.7 Å². The summed E-state index contributed by atoms with van der Waals surface area (Å²) in [6, 6.07) is 4.46. The van der Waals surface area contributed by atoms with Crippen LogP contribution in [-0.4, -0.2) is 33.1 Å². The molecule has 0 saturated carbocycles. The van der Waals surface area contributed by atoms with E-state index in [0.29, 0.717) is 12.4 Å². The third-order valence-corrected chi connectivity index (χ3v) is 5.69. The lowest BCUT2D eigenvalue weighted by molar-refractivity contribution is 0.0959. The molecule has 28 heavy (non-hydrogen) atoms. The molecule has 1 amide bonds.